The van der Waals surface area contributed by atoms with Gasteiger partial charge in [0.1, 0.15) is 17.6 Å². The van der Waals surface area contributed by atoms with Crippen LogP contribution in [-0.4, -0.2) is 22.7 Å². The lowest BCUT2D eigenvalue weighted by molar-refractivity contribution is 0.232. The second-order valence-electron chi connectivity index (χ2n) is 7.41. The van der Waals surface area contributed by atoms with E-state index in [0.717, 1.165) is 29.8 Å². The van der Waals surface area contributed by atoms with Crippen LogP contribution in [0.25, 0.3) is 0 Å². The van der Waals surface area contributed by atoms with Gasteiger partial charge < -0.3 is 19.9 Å². The maximum atomic E-state index is 13.0. The molecule has 2 unspecified atom stereocenters. The van der Waals surface area contributed by atoms with Crippen LogP contribution < -0.4 is 15.4 Å². The first-order valence-corrected chi connectivity index (χ1v) is 9.89. The second-order valence-corrected chi connectivity index (χ2v) is 7.41. The summed E-state index contributed by atoms with van der Waals surface area (Å²) in [5, 5.41) is 6.31. The Balaban J connectivity index is 1.59. The van der Waals surface area contributed by atoms with Crippen molar-refractivity contribution in [2.75, 3.05) is 7.11 Å². The van der Waals surface area contributed by atoms with Crippen molar-refractivity contribution < 1.29 is 9.53 Å². The van der Waals surface area contributed by atoms with E-state index in [1.807, 2.05) is 60.3 Å². The highest BCUT2D eigenvalue weighted by Gasteiger charge is 2.34. The molecule has 0 saturated heterocycles. The molecule has 1 aliphatic carbocycles. The van der Waals surface area contributed by atoms with Gasteiger partial charge in [0.15, 0.2) is 0 Å². The molecule has 0 aliphatic heterocycles. The Kier molecular flexibility index (Phi) is 5.51. The number of nitrogens with zero attached hydrogens (tertiary/aromatic N) is 2. The smallest absolute Gasteiger partial charge is 0.316 e. The number of imidazole rings is 1. The average Bonchev–Trinajstić information content (AvgIpc) is 3.51. The Hall–Kier alpha value is -3.28. The molecule has 6 nitrogen and oxygen atoms in total. The van der Waals surface area contributed by atoms with E-state index in [9.17, 15) is 4.79 Å². The first-order chi connectivity index (χ1) is 14.2. The van der Waals surface area contributed by atoms with E-state index in [1.165, 1.54) is 0 Å². The van der Waals surface area contributed by atoms with Gasteiger partial charge in [-0.25, -0.2) is 9.78 Å². The summed E-state index contributed by atoms with van der Waals surface area (Å²) >= 11 is 0. The Morgan fingerprint density at radius 2 is 1.83 bits per heavy atom. The lowest BCUT2D eigenvalue weighted by Crippen LogP contribution is -2.41. The normalized spacial score (nSPS) is 15.4. The van der Waals surface area contributed by atoms with Gasteiger partial charge in [0.2, 0.25) is 0 Å². The Bertz CT molecular complexity index is 966. The standard InChI is InChI=1S/C23H26N4O2/c1-27-15-14-24-22(27)21(18-10-6-7-11-19(18)29-2)26-23(28)25-20(17-12-13-17)16-8-4-3-5-9-16/h3-11,14-15,17,20-21H,12-13H2,1-2H3,(H2,25,26,28). The van der Waals surface area contributed by atoms with E-state index < -0.39 is 6.04 Å². The molecule has 1 fully saturated rings. The molecule has 1 saturated carbocycles. The summed E-state index contributed by atoms with van der Waals surface area (Å²) < 4.78 is 7.45. The van der Waals surface area contributed by atoms with Gasteiger partial charge in [-0.05, 0) is 30.4 Å². The van der Waals surface area contributed by atoms with Gasteiger partial charge >= 0.3 is 6.03 Å². The molecule has 2 amide bonds. The number of urea groups is 1. The summed E-state index contributed by atoms with van der Waals surface area (Å²) in [6.07, 6.45) is 5.87. The van der Waals surface area contributed by atoms with E-state index in [-0.39, 0.29) is 12.1 Å². The first-order valence-electron chi connectivity index (χ1n) is 9.89. The van der Waals surface area contributed by atoms with E-state index in [2.05, 4.69) is 27.8 Å². The van der Waals surface area contributed by atoms with Crippen molar-refractivity contribution in [3.8, 4) is 5.75 Å². The summed E-state index contributed by atoms with van der Waals surface area (Å²) in [7, 11) is 3.55. The van der Waals surface area contributed by atoms with Crippen LogP contribution in [-0.2, 0) is 7.05 Å². The third-order valence-corrected chi connectivity index (χ3v) is 5.38. The quantitative estimate of drug-likeness (QED) is 0.641. The number of para-hydroxylation sites is 1. The minimum atomic E-state index is -0.429. The maximum absolute atomic E-state index is 13.0. The maximum Gasteiger partial charge on any atom is 0.316 e. The van der Waals surface area contributed by atoms with Crippen LogP contribution in [0.1, 0.15) is 41.9 Å². The lowest BCUT2D eigenvalue weighted by atomic mass is 10.0. The highest BCUT2D eigenvalue weighted by atomic mass is 16.5. The molecule has 0 radical (unpaired) electrons. The van der Waals surface area contributed by atoms with E-state index in [4.69, 9.17) is 4.74 Å². The number of amides is 2. The van der Waals surface area contributed by atoms with Crippen LogP contribution in [0.4, 0.5) is 4.79 Å². The molecule has 2 aromatic carbocycles. The van der Waals surface area contributed by atoms with Crippen molar-refractivity contribution in [2.45, 2.75) is 24.9 Å². The van der Waals surface area contributed by atoms with Gasteiger partial charge in [-0.3, -0.25) is 0 Å². The molecule has 29 heavy (non-hydrogen) atoms. The number of rotatable bonds is 7. The summed E-state index contributed by atoms with van der Waals surface area (Å²) in [4.78, 5) is 17.5. The van der Waals surface area contributed by atoms with Crippen LogP contribution in [0.15, 0.2) is 67.0 Å². The van der Waals surface area contributed by atoms with Crippen LogP contribution in [0.3, 0.4) is 0 Å². The predicted octanol–water partition coefficient (Wildman–Crippen LogP) is 3.97. The number of hydrogen-bond donors (Lipinski definition) is 2. The molecule has 1 aromatic heterocycles. The van der Waals surface area contributed by atoms with Gasteiger partial charge in [-0.1, -0.05) is 48.5 Å². The number of ether oxygens (including phenoxy) is 1. The minimum absolute atomic E-state index is 0.0101. The second kappa shape index (κ2) is 8.39. The molecule has 0 spiro atoms. The van der Waals surface area contributed by atoms with Crippen molar-refractivity contribution in [3.63, 3.8) is 0 Å². The Morgan fingerprint density at radius 1 is 1.10 bits per heavy atom. The lowest BCUT2D eigenvalue weighted by Gasteiger charge is -2.24. The summed E-state index contributed by atoms with van der Waals surface area (Å²) in [6, 6.07) is 17.2. The third-order valence-electron chi connectivity index (χ3n) is 5.38. The summed E-state index contributed by atoms with van der Waals surface area (Å²) in [5.74, 6) is 1.94. The van der Waals surface area contributed by atoms with Crippen molar-refractivity contribution in [1.29, 1.82) is 0 Å². The van der Waals surface area contributed by atoms with E-state index >= 15 is 0 Å². The molecule has 0 bridgehead atoms. The number of hydrogen-bond acceptors (Lipinski definition) is 3. The molecule has 1 aliphatic rings. The highest BCUT2D eigenvalue weighted by Crippen LogP contribution is 2.41. The fraction of sp³-hybridized carbons (Fsp3) is 0.304. The Morgan fingerprint density at radius 3 is 2.48 bits per heavy atom. The fourth-order valence-corrected chi connectivity index (χ4v) is 3.72. The highest BCUT2D eigenvalue weighted by molar-refractivity contribution is 5.75. The van der Waals surface area contributed by atoms with Crippen molar-refractivity contribution in [3.05, 3.63) is 83.9 Å². The zero-order chi connectivity index (χ0) is 20.2. The minimum Gasteiger partial charge on any atom is -0.496 e. The third kappa shape index (κ3) is 4.26. The predicted molar refractivity (Wildman–Crippen MR) is 112 cm³/mol. The van der Waals surface area contributed by atoms with Crippen LogP contribution in [0.2, 0.25) is 0 Å². The van der Waals surface area contributed by atoms with Crippen molar-refractivity contribution in [2.24, 2.45) is 13.0 Å². The average molecular weight is 390 g/mol. The number of aromatic nitrogens is 2. The Labute approximate surface area is 170 Å². The van der Waals surface area contributed by atoms with E-state index in [0.29, 0.717) is 11.7 Å². The molecule has 2 N–H and O–H groups in total. The molecule has 150 valence electrons. The number of aryl methyl sites for hydroxylation is 1. The van der Waals surface area contributed by atoms with Gasteiger partial charge in [0.05, 0.1) is 13.2 Å². The van der Waals surface area contributed by atoms with Crippen LogP contribution in [0, 0.1) is 5.92 Å². The van der Waals surface area contributed by atoms with Gasteiger partial charge in [-0.15, -0.1) is 0 Å². The van der Waals surface area contributed by atoms with Crippen LogP contribution >= 0.6 is 0 Å². The van der Waals surface area contributed by atoms with Crippen molar-refractivity contribution in [1.82, 2.24) is 20.2 Å². The summed E-state index contributed by atoms with van der Waals surface area (Å²) in [5.41, 5.74) is 2.00. The number of carbonyl (C=O) groups excluding carboxylic acids is 1. The SMILES string of the molecule is COc1ccccc1C(NC(=O)NC(c1ccccc1)C1CC1)c1nccn1C. The topological polar surface area (TPSA) is 68.2 Å². The number of benzene rings is 2. The zero-order valence-corrected chi connectivity index (χ0v) is 16.7. The zero-order valence-electron chi connectivity index (χ0n) is 16.7. The molecular weight excluding hydrogens is 364 g/mol. The van der Waals surface area contributed by atoms with Crippen molar-refractivity contribution >= 4 is 6.03 Å². The van der Waals surface area contributed by atoms with Gasteiger partial charge in [-0.2, -0.15) is 0 Å². The molecule has 3 aromatic rings. The number of carbonyl (C=O) groups is 1. The summed E-state index contributed by atoms with van der Waals surface area (Å²) in [6.45, 7) is 0. The van der Waals surface area contributed by atoms with Gasteiger partial charge in [0, 0.05) is 25.0 Å². The van der Waals surface area contributed by atoms with E-state index in [1.54, 1.807) is 13.3 Å². The fourth-order valence-electron chi connectivity index (χ4n) is 3.72. The monoisotopic (exact) mass is 390 g/mol. The molecule has 6 heteroatoms. The number of methoxy groups -OCH3 is 1. The van der Waals surface area contributed by atoms with Crippen LogP contribution in [0.5, 0.6) is 5.75 Å². The first kappa shape index (κ1) is 19.1. The largest absolute Gasteiger partial charge is 0.496 e. The molecule has 1 heterocycles. The number of nitrogens with one attached hydrogen (secondary N) is 2. The molecular formula is C23H26N4O2. The van der Waals surface area contributed by atoms with Gasteiger partial charge in [0.25, 0.3) is 0 Å². The molecule has 4 rings (SSSR count). The molecule has 2 atom stereocenters.